The number of hydrogen-bond acceptors (Lipinski definition) is 3. The second-order valence-electron chi connectivity index (χ2n) is 11.3. The lowest BCUT2D eigenvalue weighted by molar-refractivity contribution is -0.00207. The van der Waals surface area contributed by atoms with E-state index in [0.29, 0.717) is 5.56 Å². The van der Waals surface area contributed by atoms with Crippen LogP contribution in [0, 0.1) is 5.82 Å². The van der Waals surface area contributed by atoms with E-state index in [1.807, 2.05) is 39.0 Å². The summed E-state index contributed by atoms with van der Waals surface area (Å²) in [6, 6.07) is 10.1. The minimum absolute atomic E-state index is 0.00169. The summed E-state index contributed by atoms with van der Waals surface area (Å²) in [5.74, 6) is -1.29. The zero-order valence-electron chi connectivity index (χ0n) is 21.0. The van der Waals surface area contributed by atoms with Crippen molar-refractivity contribution in [2.45, 2.75) is 76.9 Å². The van der Waals surface area contributed by atoms with E-state index >= 15 is 0 Å². The Hall–Kier alpha value is -2.53. The van der Waals surface area contributed by atoms with E-state index in [4.69, 9.17) is 4.74 Å². The highest BCUT2D eigenvalue weighted by molar-refractivity contribution is 6.12. The first-order valence-electron chi connectivity index (χ1n) is 11.5. The summed E-state index contributed by atoms with van der Waals surface area (Å²) in [6.07, 6.45) is 3.87. The average Bonchev–Trinajstić information content (AvgIpc) is 2.89. The van der Waals surface area contributed by atoms with Crippen LogP contribution in [0.4, 0.5) is 4.39 Å². The third kappa shape index (κ3) is 5.19. The first-order chi connectivity index (χ1) is 15.1. The van der Waals surface area contributed by atoms with E-state index in [0.717, 1.165) is 16.7 Å². The van der Waals surface area contributed by atoms with Crippen LogP contribution in [0.2, 0.25) is 5.54 Å². The van der Waals surface area contributed by atoms with Crippen molar-refractivity contribution in [2.24, 2.45) is 0 Å². The van der Waals surface area contributed by atoms with E-state index in [1.54, 1.807) is 0 Å². The minimum atomic E-state index is -0.593. The molecule has 0 saturated carbocycles. The Morgan fingerprint density at radius 2 is 1.64 bits per heavy atom. The van der Waals surface area contributed by atoms with Crippen LogP contribution in [0.25, 0.3) is 6.08 Å². The van der Waals surface area contributed by atoms with Crippen molar-refractivity contribution < 1.29 is 18.7 Å². The summed E-state index contributed by atoms with van der Waals surface area (Å²) in [4.78, 5) is 25.2. The zero-order valence-corrected chi connectivity index (χ0v) is 23.0. The van der Waals surface area contributed by atoms with Crippen LogP contribution < -0.4 is 0 Å². The number of rotatable bonds is 6. The van der Waals surface area contributed by atoms with Crippen LogP contribution >= 0.6 is 0 Å². The summed E-state index contributed by atoms with van der Waals surface area (Å²) < 4.78 is 20.2. The van der Waals surface area contributed by atoms with Crippen molar-refractivity contribution in [3.8, 4) is 0 Å². The molecule has 2 aromatic rings. The molecular weight excluding hydrogens is 431 g/mol. The Bertz CT molecular complexity index is 1130. The number of allylic oxidation sites excluding steroid dienone is 1. The van der Waals surface area contributed by atoms with Crippen LogP contribution in [0.3, 0.4) is 0 Å². The molecule has 0 fully saturated rings. The Balaban J connectivity index is 1.78. The van der Waals surface area contributed by atoms with Gasteiger partial charge in [0.1, 0.15) is 11.4 Å². The monoisotopic (exact) mass is 466 g/mol. The quantitative estimate of drug-likeness (QED) is 0.234. The van der Waals surface area contributed by atoms with Crippen LogP contribution in [-0.2, 0) is 15.6 Å². The van der Waals surface area contributed by atoms with Crippen molar-refractivity contribution in [3.05, 3.63) is 76.1 Å². The molecule has 0 radical (unpaired) electrons. The van der Waals surface area contributed by atoms with Gasteiger partial charge in [0.2, 0.25) is 0 Å². The lowest BCUT2D eigenvalue weighted by Gasteiger charge is -2.29. The number of fused-ring (bicyclic) bond motifs is 1. The largest absolute Gasteiger partial charge is 0.456 e. The van der Waals surface area contributed by atoms with Crippen LogP contribution in [-0.4, -0.2) is 27.6 Å². The molecule has 3 rings (SSSR count). The van der Waals surface area contributed by atoms with E-state index in [9.17, 15) is 14.0 Å². The van der Waals surface area contributed by atoms with E-state index in [-0.39, 0.29) is 33.3 Å². The van der Waals surface area contributed by atoms with Gasteiger partial charge >= 0.3 is 5.97 Å². The Kier molecular flexibility index (Phi) is 6.60. The number of ether oxygens (including phenoxy) is 1. The van der Waals surface area contributed by atoms with Gasteiger partial charge in [0.05, 0.1) is 5.56 Å². The summed E-state index contributed by atoms with van der Waals surface area (Å²) in [6.45, 7) is 14.6. The van der Waals surface area contributed by atoms with Crippen LogP contribution in [0.5, 0.6) is 0 Å². The molecule has 0 spiro atoms. The number of halogens is 1. The standard InChI is InChI=1S/C28H35FO3Si/c1-17(33)28(6,7)32-25(31)20-9-8-18(23(29)15-20)11-13-24(30)19-10-12-21-22(14-19)27(4,5)16-26(21,2)3/h8-15,17H,16H2,1-7,33H3. The first kappa shape index (κ1) is 25.1. The molecule has 176 valence electrons. The van der Waals surface area contributed by atoms with E-state index < -0.39 is 17.4 Å². The molecule has 1 aliphatic carbocycles. The summed E-state index contributed by atoms with van der Waals surface area (Å²) in [5, 5.41) is 0. The number of esters is 1. The van der Waals surface area contributed by atoms with Gasteiger partial charge in [-0.25, -0.2) is 9.18 Å². The lowest BCUT2D eigenvalue weighted by Crippen LogP contribution is -2.32. The third-order valence-electron chi connectivity index (χ3n) is 7.04. The molecule has 1 atom stereocenters. The van der Waals surface area contributed by atoms with Gasteiger partial charge in [0.25, 0.3) is 0 Å². The number of benzene rings is 2. The highest BCUT2D eigenvalue weighted by atomic mass is 28.1. The van der Waals surface area contributed by atoms with Crippen molar-refractivity contribution in [3.63, 3.8) is 0 Å². The van der Waals surface area contributed by atoms with Gasteiger partial charge < -0.3 is 4.74 Å². The maximum absolute atomic E-state index is 14.7. The third-order valence-corrected chi connectivity index (χ3v) is 8.43. The molecule has 0 N–H and O–H groups in total. The van der Waals surface area contributed by atoms with E-state index in [1.165, 1.54) is 41.5 Å². The normalized spacial score (nSPS) is 17.7. The Morgan fingerprint density at radius 3 is 2.24 bits per heavy atom. The van der Waals surface area contributed by atoms with Gasteiger partial charge in [0, 0.05) is 21.4 Å². The molecule has 0 bridgehead atoms. The lowest BCUT2D eigenvalue weighted by atomic mass is 9.82. The van der Waals surface area contributed by atoms with Crippen molar-refractivity contribution in [2.75, 3.05) is 0 Å². The van der Waals surface area contributed by atoms with Gasteiger partial charge in [-0.15, -0.1) is 0 Å². The maximum Gasteiger partial charge on any atom is 0.338 e. The number of carbonyl (C=O) groups is 2. The molecule has 0 heterocycles. The zero-order chi connectivity index (χ0) is 24.8. The molecule has 0 aromatic heterocycles. The molecule has 0 aliphatic heterocycles. The second-order valence-corrected chi connectivity index (χ2v) is 13.0. The van der Waals surface area contributed by atoms with Gasteiger partial charge in [-0.05, 0) is 78.1 Å². The fraction of sp³-hybridized carbons (Fsp3) is 0.429. The topological polar surface area (TPSA) is 43.4 Å². The summed E-state index contributed by atoms with van der Waals surface area (Å²) in [7, 11) is 0.884. The minimum Gasteiger partial charge on any atom is -0.456 e. The first-order valence-corrected chi connectivity index (χ1v) is 12.7. The van der Waals surface area contributed by atoms with Crippen LogP contribution in [0.15, 0.2) is 42.5 Å². The molecular formula is C28H35FO3Si. The number of carbonyl (C=O) groups excluding carboxylic acids is 2. The molecule has 5 heteroatoms. The summed E-state index contributed by atoms with van der Waals surface area (Å²) in [5.41, 5.74) is 3.23. The van der Waals surface area contributed by atoms with Crippen molar-refractivity contribution in [1.29, 1.82) is 0 Å². The maximum atomic E-state index is 14.7. The second kappa shape index (κ2) is 8.67. The van der Waals surface area contributed by atoms with Crippen molar-refractivity contribution in [1.82, 2.24) is 0 Å². The van der Waals surface area contributed by atoms with Gasteiger partial charge in [-0.2, -0.15) is 0 Å². The predicted octanol–water partition coefficient (Wildman–Crippen LogP) is 5.79. The average molecular weight is 467 g/mol. The molecule has 1 unspecified atom stereocenters. The fourth-order valence-corrected chi connectivity index (χ4v) is 4.73. The highest BCUT2D eigenvalue weighted by Gasteiger charge is 2.41. The number of ketones is 1. The number of hydrogen-bond donors (Lipinski definition) is 0. The fourth-order valence-electron chi connectivity index (χ4n) is 4.61. The Labute approximate surface area is 199 Å². The molecule has 2 aromatic carbocycles. The SMILES string of the molecule is CC([SiH3])C(C)(C)OC(=O)c1ccc(C=CC(=O)c2ccc3c(c2)C(C)(C)CC3(C)C)c(F)c1. The predicted molar refractivity (Wildman–Crippen MR) is 136 cm³/mol. The molecule has 33 heavy (non-hydrogen) atoms. The highest BCUT2D eigenvalue weighted by Crippen LogP contribution is 2.49. The smallest absolute Gasteiger partial charge is 0.338 e. The van der Waals surface area contributed by atoms with Gasteiger partial charge in [-0.3, -0.25) is 4.79 Å². The molecule has 3 nitrogen and oxygen atoms in total. The van der Waals surface area contributed by atoms with Gasteiger partial charge in [-0.1, -0.05) is 52.8 Å². The van der Waals surface area contributed by atoms with Crippen molar-refractivity contribution >= 4 is 28.1 Å². The van der Waals surface area contributed by atoms with Gasteiger partial charge in [0.15, 0.2) is 5.78 Å². The molecule has 0 amide bonds. The summed E-state index contributed by atoms with van der Waals surface area (Å²) >= 11 is 0. The van der Waals surface area contributed by atoms with Crippen LogP contribution in [0.1, 0.15) is 92.3 Å². The molecule has 0 saturated heterocycles. The Morgan fingerprint density at radius 1 is 1.03 bits per heavy atom. The van der Waals surface area contributed by atoms with E-state index in [2.05, 4.69) is 27.7 Å². The molecule has 1 aliphatic rings.